The minimum atomic E-state index is -0.415. The smallest absolute Gasteiger partial charge is 0.134 e. The number of hydrogen-bond donors (Lipinski definition) is 1. The van der Waals surface area contributed by atoms with Gasteiger partial charge in [-0.3, -0.25) is 0 Å². The molecule has 0 aliphatic heterocycles. The molecule has 2 nitrogen and oxygen atoms in total. The Bertz CT molecular complexity index is 508. The predicted molar refractivity (Wildman–Crippen MR) is 63.3 cm³/mol. The molecule has 0 radical (unpaired) electrons. The average Bonchev–Trinajstić information content (AvgIpc) is 2.57. The second-order valence-corrected chi connectivity index (χ2v) is 4.83. The van der Waals surface area contributed by atoms with Gasteiger partial charge in [0.25, 0.3) is 0 Å². The van der Waals surface area contributed by atoms with Crippen LogP contribution in [0.4, 0.5) is 0 Å². The molecule has 1 aliphatic carbocycles. The molecule has 0 spiro atoms. The van der Waals surface area contributed by atoms with E-state index < -0.39 is 6.10 Å². The van der Waals surface area contributed by atoms with Gasteiger partial charge < -0.3 is 9.52 Å². The van der Waals surface area contributed by atoms with Crippen LogP contribution in [0.5, 0.6) is 0 Å². The summed E-state index contributed by atoms with van der Waals surface area (Å²) in [6.07, 6.45) is 3.07. The van der Waals surface area contributed by atoms with Crippen molar-refractivity contribution in [2.24, 2.45) is 5.92 Å². The third-order valence-electron chi connectivity index (χ3n) is 3.58. The van der Waals surface area contributed by atoms with Crippen molar-refractivity contribution in [3.8, 4) is 0 Å². The van der Waals surface area contributed by atoms with Gasteiger partial charge in [-0.1, -0.05) is 18.1 Å². The van der Waals surface area contributed by atoms with Crippen molar-refractivity contribution in [3.05, 3.63) is 35.6 Å². The van der Waals surface area contributed by atoms with E-state index in [1.165, 1.54) is 12.0 Å². The summed E-state index contributed by atoms with van der Waals surface area (Å²) in [5.74, 6) is 1.13. The molecule has 1 atom stereocenters. The van der Waals surface area contributed by atoms with Gasteiger partial charge in [-0.25, -0.2) is 0 Å². The van der Waals surface area contributed by atoms with E-state index in [0.29, 0.717) is 5.92 Å². The average molecular weight is 216 g/mol. The number of aryl methyl sites for hydroxylation is 1. The highest BCUT2D eigenvalue weighted by molar-refractivity contribution is 5.78. The molecule has 1 heterocycles. The highest BCUT2D eigenvalue weighted by Gasteiger charge is 2.29. The van der Waals surface area contributed by atoms with E-state index >= 15 is 0 Å². The Balaban J connectivity index is 1.97. The molecule has 1 unspecified atom stereocenters. The SMILES string of the molecule is Cc1ccc2oc(C(O)C3CCC3)cc2c1. The molecule has 2 aromatic rings. The maximum absolute atomic E-state index is 10.1. The topological polar surface area (TPSA) is 33.4 Å². The Labute approximate surface area is 94.9 Å². The summed E-state index contributed by atoms with van der Waals surface area (Å²) in [4.78, 5) is 0. The molecule has 1 aromatic carbocycles. The molecular formula is C14H16O2. The lowest BCUT2D eigenvalue weighted by Gasteiger charge is -2.28. The molecule has 3 rings (SSSR count). The van der Waals surface area contributed by atoms with Crippen LogP contribution < -0.4 is 0 Å². The van der Waals surface area contributed by atoms with Gasteiger partial charge in [-0.2, -0.15) is 0 Å². The van der Waals surface area contributed by atoms with Crippen molar-refractivity contribution in [1.82, 2.24) is 0 Å². The van der Waals surface area contributed by atoms with E-state index in [0.717, 1.165) is 29.6 Å². The summed E-state index contributed by atoms with van der Waals surface area (Å²) < 4.78 is 5.69. The number of benzene rings is 1. The molecule has 1 aliphatic rings. The Hall–Kier alpha value is -1.28. The summed E-state index contributed by atoms with van der Waals surface area (Å²) >= 11 is 0. The predicted octanol–water partition coefficient (Wildman–Crippen LogP) is 3.57. The fourth-order valence-corrected chi connectivity index (χ4v) is 2.32. The van der Waals surface area contributed by atoms with Crippen molar-refractivity contribution >= 4 is 11.0 Å². The maximum Gasteiger partial charge on any atom is 0.134 e. The lowest BCUT2D eigenvalue weighted by atomic mass is 9.80. The number of hydrogen-bond acceptors (Lipinski definition) is 2. The first-order valence-electron chi connectivity index (χ1n) is 5.92. The normalized spacial score (nSPS) is 18.6. The number of aliphatic hydroxyl groups is 1. The second-order valence-electron chi connectivity index (χ2n) is 4.83. The van der Waals surface area contributed by atoms with E-state index in [1.807, 2.05) is 18.2 Å². The molecule has 1 N–H and O–H groups in total. The Morgan fingerprint density at radius 2 is 2.12 bits per heavy atom. The van der Waals surface area contributed by atoms with Gasteiger partial charge in [0.15, 0.2) is 0 Å². The zero-order valence-corrected chi connectivity index (χ0v) is 9.44. The van der Waals surface area contributed by atoms with Crippen LogP contribution in [0.3, 0.4) is 0 Å². The molecule has 0 amide bonds. The fraction of sp³-hybridized carbons (Fsp3) is 0.429. The van der Waals surface area contributed by atoms with Gasteiger partial charge in [0.05, 0.1) is 0 Å². The van der Waals surface area contributed by atoms with E-state index in [2.05, 4.69) is 13.0 Å². The standard InChI is InChI=1S/C14H16O2/c1-9-5-6-12-11(7-9)8-13(16-12)14(15)10-3-2-4-10/h5-8,10,14-15H,2-4H2,1H3. The number of fused-ring (bicyclic) bond motifs is 1. The lowest BCUT2D eigenvalue weighted by molar-refractivity contribution is 0.0457. The highest BCUT2D eigenvalue weighted by Crippen LogP contribution is 2.39. The van der Waals surface area contributed by atoms with Crippen LogP contribution in [0, 0.1) is 12.8 Å². The zero-order chi connectivity index (χ0) is 11.1. The van der Waals surface area contributed by atoms with Crippen LogP contribution in [-0.2, 0) is 0 Å². The van der Waals surface area contributed by atoms with Crippen molar-refractivity contribution in [2.75, 3.05) is 0 Å². The molecule has 0 saturated heterocycles. The first-order valence-corrected chi connectivity index (χ1v) is 5.92. The van der Waals surface area contributed by atoms with E-state index in [-0.39, 0.29) is 0 Å². The largest absolute Gasteiger partial charge is 0.458 e. The van der Waals surface area contributed by atoms with Gasteiger partial charge in [0.2, 0.25) is 0 Å². The van der Waals surface area contributed by atoms with E-state index in [4.69, 9.17) is 4.42 Å². The molecule has 2 heteroatoms. The maximum atomic E-state index is 10.1. The Kier molecular flexibility index (Phi) is 2.25. The summed E-state index contributed by atoms with van der Waals surface area (Å²) in [6.45, 7) is 2.06. The van der Waals surface area contributed by atoms with Crippen LogP contribution >= 0.6 is 0 Å². The number of aliphatic hydroxyl groups excluding tert-OH is 1. The Morgan fingerprint density at radius 3 is 2.81 bits per heavy atom. The Morgan fingerprint density at radius 1 is 1.31 bits per heavy atom. The number of furan rings is 1. The molecule has 1 fully saturated rings. The van der Waals surface area contributed by atoms with E-state index in [1.54, 1.807) is 0 Å². The molecule has 16 heavy (non-hydrogen) atoms. The van der Waals surface area contributed by atoms with Gasteiger partial charge >= 0.3 is 0 Å². The summed E-state index contributed by atoms with van der Waals surface area (Å²) in [7, 11) is 0. The van der Waals surface area contributed by atoms with Gasteiger partial charge in [0.1, 0.15) is 17.4 Å². The van der Waals surface area contributed by atoms with Gasteiger partial charge in [0, 0.05) is 5.39 Å². The van der Waals surface area contributed by atoms with Crippen molar-refractivity contribution < 1.29 is 9.52 Å². The second kappa shape index (κ2) is 3.63. The number of rotatable bonds is 2. The van der Waals surface area contributed by atoms with Crippen LogP contribution in [0.2, 0.25) is 0 Å². The lowest BCUT2D eigenvalue weighted by Crippen LogP contribution is -2.19. The van der Waals surface area contributed by atoms with Crippen LogP contribution in [0.15, 0.2) is 28.7 Å². The van der Waals surface area contributed by atoms with Crippen LogP contribution in [0.25, 0.3) is 11.0 Å². The molecule has 1 aromatic heterocycles. The zero-order valence-electron chi connectivity index (χ0n) is 9.44. The molecular weight excluding hydrogens is 200 g/mol. The van der Waals surface area contributed by atoms with Gasteiger partial charge in [-0.05, 0) is 43.9 Å². The van der Waals surface area contributed by atoms with Crippen molar-refractivity contribution in [2.45, 2.75) is 32.3 Å². The monoisotopic (exact) mass is 216 g/mol. The molecule has 1 saturated carbocycles. The molecule has 0 bridgehead atoms. The van der Waals surface area contributed by atoms with E-state index in [9.17, 15) is 5.11 Å². The third kappa shape index (κ3) is 1.54. The van der Waals surface area contributed by atoms with Crippen molar-refractivity contribution in [1.29, 1.82) is 0 Å². The van der Waals surface area contributed by atoms with Crippen LogP contribution in [-0.4, -0.2) is 5.11 Å². The summed E-state index contributed by atoms with van der Waals surface area (Å²) in [6, 6.07) is 8.08. The minimum Gasteiger partial charge on any atom is -0.458 e. The quantitative estimate of drug-likeness (QED) is 0.832. The van der Waals surface area contributed by atoms with Gasteiger partial charge in [-0.15, -0.1) is 0 Å². The third-order valence-corrected chi connectivity index (χ3v) is 3.58. The van der Waals surface area contributed by atoms with Crippen LogP contribution in [0.1, 0.15) is 36.7 Å². The summed E-state index contributed by atoms with van der Waals surface area (Å²) in [5, 5.41) is 11.2. The first kappa shape index (κ1) is 9.91. The first-order chi connectivity index (χ1) is 7.74. The van der Waals surface area contributed by atoms with Crippen molar-refractivity contribution in [3.63, 3.8) is 0 Å². The fourth-order valence-electron chi connectivity index (χ4n) is 2.32. The highest BCUT2D eigenvalue weighted by atomic mass is 16.4. The molecule has 84 valence electrons. The summed E-state index contributed by atoms with van der Waals surface area (Å²) in [5.41, 5.74) is 2.09. The minimum absolute atomic E-state index is 0.404.